The maximum absolute atomic E-state index is 11.8. The largest absolute Gasteiger partial charge is 0.350 e. The number of H-pyrrole nitrogens is 1. The fourth-order valence-corrected chi connectivity index (χ4v) is 1.67. The minimum absolute atomic E-state index is 0.181. The zero-order valence-electron chi connectivity index (χ0n) is 10.2. The van der Waals surface area contributed by atoms with Crippen molar-refractivity contribution in [1.29, 1.82) is 0 Å². The van der Waals surface area contributed by atoms with E-state index in [1.807, 2.05) is 4.98 Å². The van der Waals surface area contributed by atoms with Crippen LogP contribution in [0, 0.1) is 10.1 Å². The van der Waals surface area contributed by atoms with E-state index in [4.69, 9.17) is 0 Å². The van der Waals surface area contributed by atoms with E-state index < -0.39 is 21.9 Å². The molecule has 0 spiro atoms. The number of nitrogens with zero attached hydrogens (tertiary/aromatic N) is 3. The van der Waals surface area contributed by atoms with Crippen molar-refractivity contribution >= 4 is 11.6 Å². The van der Waals surface area contributed by atoms with Crippen LogP contribution in [0.25, 0.3) is 0 Å². The van der Waals surface area contributed by atoms with Crippen molar-refractivity contribution in [2.75, 3.05) is 7.05 Å². The van der Waals surface area contributed by atoms with Gasteiger partial charge in [-0.05, 0) is 12.8 Å². The average molecular weight is 268 g/mol. The molecule has 0 radical (unpaired) electrons. The van der Waals surface area contributed by atoms with Crippen molar-refractivity contribution in [2.24, 2.45) is 0 Å². The van der Waals surface area contributed by atoms with Gasteiger partial charge in [-0.2, -0.15) is 0 Å². The molecule has 2 rings (SSSR count). The molecule has 0 bridgehead atoms. The molecule has 1 fully saturated rings. The van der Waals surface area contributed by atoms with Gasteiger partial charge in [0.1, 0.15) is 6.54 Å². The van der Waals surface area contributed by atoms with Crippen molar-refractivity contribution in [3.63, 3.8) is 0 Å². The van der Waals surface area contributed by atoms with Gasteiger partial charge in [0.05, 0.1) is 11.1 Å². The van der Waals surface area contributed by atoms with Crippen molar-refractivity contribution in [1.82, 2.24) is 14.5 Å². The van der Waals surface area contributed by atoms with Gasteiger partial charge in [-0.15, -0.1) is 0 Å². The van der Waals surface area contributed by atoms with Crippen molar-refractivity contribution in [2.45, 2.75) is 25.4 Å². The molecule has 9 heteroatoms. The molecule has 1 aliphatic carbocycles. The number of likely N-dealkylation sites (N-methyl/N-ethyl adjacent to an activating group) is 1. The highest BCUT2D eigenvalue weighted by atomic mass is 16.6. The molecule has 1 heterocycles. The summed E-state index contributed by atoms with van der Waals surface area (Å²) in [5.74, 6) is -0.328. The summed E-state index contributed by atoms with van der Waals surface area (Å²) in [4.78, 5) is 47.5. The molecule has 1 aliphatic rings. The van der Waals surface area contributed by atoms with Gasteiger partial charge in [0, 0.05) is 13.1 Å². The van der Waals surface area contributed by atoms with Gasteiger partial charge in [0.15, 0.2) is 0 Å². The van der Waals surface area contributed by atoms with E-state index in [9.17, 15) is 24.5 Å². The van der Waals surface area contributed by atoms with Crippen LogP contribution in [-0.2, 0) is 11.3 Å². The summed E-state index contributed by atoms with van der Waals surface area (Å²) in [6.07, 6.45) is 2.63. The standard InChI is InChI=1S/C10H12N4O5/c1-12(6-2-3-6)8(15)5-13-4-7(14(18)19)9(16)11-10(13)17/h4,6H,2-3,5H2,1H3,(H,11,16,17). The number of nitrogens with one attached hydrogen (secondary N) is 1. The lowest BCUT2D eigenvalue weighted by Gasteiger charge is -2.16. The van der Waals surface area contributed by atoms with Gasteiger partial charge < -0.3 is 4.90 Å². The van der Waals surface area contributed by atoms with E-state index in [0.717, 1.165) is 23.6 Å². The third-order valence-electron chi connectivity index (χ3n) is 2.98. The van der Waals surface area contributed by atoms with Crippen LogP contribution in [0.3, 0.4) is 0 Å². The minimum Gasteiger partial charge on any atom is -0.341 e. The zero-order chi connectivity index (χ0) is 14.2. The lowest BCUT2D eigenvalue weighted by Crippen LogP contribution is -2.38. The lowest BCUT2D eigenvalue weighted by atomic mass is 10.4. The molecule has 1 saturated carbocycles. The molecule has 0 aromatic carbocycles. The first-order valence-electron chi connectivity index (χ1n) is 5.64. The quantitative estimate of drug-likeness (QED) is 0.558. The molecule has 1 amide bonds. The van der Waals surface area contributed by atoms with Crippen LogP contribution in [-0.4, -0.2) is 38.4 Å². The number of aromatic nitrogens is 2. The number of amides is 1. The predicted molar refractivity (Wildman–Crippen MR) is 63.8 cm³/mol. The first kappa shape index (κ1) is 13.0. The Balaban J connectivity index is 2.27. The molecule has 0 atom stereocenters. The van der Waals surface area contributed by atoms with Gasteiger partial charge in [-0.3, -0.25) is 29.3 Å². The lowest BCUT2D eigenvalue weighted by molar-refractivity contribution is -0.386. The van der Waals surface area contributed by atoms with E-state index in [0.29, 0.717) is 0 Å². The van der Waals surface area contributed by atoms with Crippen LogP contribution in [0.5, 0.6) is 0 Å². The average Bonchev–Trinajstić information content (AvgIpc) is 3.15. The number of rotatable bonds is 4. The number of aromatic amines is 1. The molecule has 1 aromatic heterocycles. The smallest absolute Gasteiger partial charge is 0.341 e. The number of hydrogen-bond donors (Lipinski definition) is 1. The third kappa shape index (κ3) is 2.69. The Kier molecular flexibility index (Phi) is 3.19. The van der Waals surface area contributed by atoms with E-state index in [2.05, 4.69) is 0 Å². The molecular weight excluding hydrogens is 256 g/mol. The van der Waals surface area contributed by atoms with E-state index >= 15 is 0 Å². The Labute approximate surface area is 106 Å². The highest BCUT2D eigenvalue weighted by molar-refractivity contribution is 5.76. The molecule has 9 nitrogen and oxygen atoms in total. The molecule has 0 saturated heterocycles. The molecular formula is C10H12N4O5. The third-order valence-corrected chi connectivity index (χ3v) is 2.98. The Morgan fingerprint density at radius 2 is 2.21 bits per heavy atom. The normalized spacial score (nSPS) is 14.2. The first-order valence-corrected chi connectivity index (χ1v) is 5.64. The Bertz CT molecular complexity index is 642. The van der Waals surface area contributed by atoms with Gasteiger partial charge >= 0.3 is 16.9 Å². The van der Waals surface area contributed by atoms with Gasteiger partial charge in [0.2, 0.25) is 5.91 Å². The number of carbonyl (C=O) groups excluding carboxylic acids is 1. The van der Waals surface area contributed by atoms with Crippen LogP contribution in [0.15, 0.2) is 15.8 Å². The Morgan fingerprint density at radius 1 is 1.58 bits per heavy atom. The highest BCUT2D eigenvalue weighted by Crippen LogP contribution is 2.25. The fourth-order valence-electron chi connectivity index (χ4n) is 1.67. The zero-order valence-corrected chi connectivity index (χ0v) is 10.2. The van der Waals surface area contributed by atoms with Crippen LogP contribution < -0.4 is 11.2 Å². The van der Waals surface area contributed by atoms with E-state index in [-0.39, 0.29) is 18.5 Å². The molecule has 19 heavy (non-hydrogen) atoms. The van der Waals surface area contributed by atoms with Crippen molar-refractivity contribution < 1.29 is 9.72 Å². The van der Waals surface area contributed by atoms with Crippen LogP contribution >= 0.6 is 0 Å². The summed E-state index contributed by atoms with van der Waals surface area (Å²) in [5, 5.41) is 10.6. The second kappa shape index (κ2) is 4.67. The highest BCUT2D eigenvalue weighted by Gasteiger charge is 2.29. The maximum Gasteiger partial charge on any atom is 0.350 e. The Morgan fingerprint density at radius 3 is 2.74 bits per heavy atom. The predicted octanol–water partition coefficient (Wildman–Crippen LogP) is -0.934. The molecule has 1 aromatic rings. The fraction of sp³-hybridized carbons (Fsp3) is 0.500. The Hall–Kier alpha value is -2.45. The summed E-state index contributed by atoms with van der Waals surface area (Å²) in [6, 6.07) is 0.181. The number of nitro groups is 1. The molecule has 1 N–H and O–H groups in total. The summed E-state index contributed by atoms with van der Waals surface area (Å²) >= 11 is 0. The number of hydrogen-bond acceptors (Lipinski definition) is 5. The second-order valence-corrected chi connectivity index (χ2v) is 4.39. The molecule has 0 unspecified atom stereocenters. The van der Waals surface area contributed by atoms with Crippen LogP contribution in [0.2, 0.25) is 0 Å². The van der Waals surface area contributed by atoms with E-state index in [1.165, 1.54) is 4.90 Å². The summed E-state index contributed by atoms with van der Waals surface area (Å²) in [7, 11) is 1.62. The summed E-state index contributed by atoms with van der Waals surface area (Å²) in [5.41, 5.74) is -2.68. The van der Waals surface area contributed by atoms with Gasteiger partial charge in [-0.1, -0.05) is 0 Å². The SMILES string of the molecule is CN(C(=O)Cn1cc([N+](=O)[O-])c(=O)[nH]c1=O)C1CC1. The second-order valence-electron chi connectivity index (χ2n) is 4.39. The maximum atomic E-state index is 11.8. The van der Waals surface area contributed by atoms with Crippen LogP contribution in [0.1, 0.15) is 12.8 Å². The van der Waals surface area contributed by atoms with E-state index in [1.54, 1.807) is 7.05 Å². The topological polar surface area (TPSA) is 118 Å². The number of carbonyl (C=O) groups is 1. The van der Waals surface area contributed by atoms with Gasteiger partial charge in [0.25, 0.3) is 0 Å². The van der Waals surface area contributed by atoms with Gasteiger partial charge in [-0.25, -0.2) is 4.79 Å². The minimum atomic E-state index is -1.07. The molecule has 0 aliphatic heterocycles. The van der Waals surface area contributed by atoms with Crippen molar-refractivity contribution in [3.05, 3.63) is 37.1 Å². The van der Waals surface area contributed by atoms with Crippen LogP contribution in [0.4, 0.5) is 5.69 Å². The summed E-state index contributed by atoms with van der Waals surface area (Å²) < 4.78 is 0.834. The summed E-state index contributed by atoms with van der Waals surface area (Å²) in [6.45, 7) is -0.330. The molecule has 102 valence electrons. The van der Waals surface area contributed by atoms with Crippen molar-refractivity contribution in [3.8, 4) is 0 Å². The monoisotopic (exact) mass is 268 g/mol. The first-order chi connectivity index (χ1) is 8.90.